The van der Waals surface area contributed by atoms with E-state index in [0.29, 0.717) is 0 Å². The summed E-state index contributed by atoms with van der Waals surface area (Å²) in [6, 6.07) is 10.5. The van der Waals surface area contributed by atoms with Gasteiger partial charge in [-0.05, 0) is 25.5 Å². The van der Waals surface area contributed by atoms with Gasteiger partial charge in [-0.2, -0.15) is 0 Å². The summed E-state index contributed by atoms with van der Waals surface area (Å²) in [6.07, 6.45) is 2.89. The number of aliphatic imine (C=N–C) groups is 1. The van der Waals surface area contributed by atoms with Crippen LogP contribution in [0.4, 0.5) is 5.69 Å². The molecule has 1 aromatic carbocycles. The van der Waals surface area contributed by atoms with E-state index in [0.717, 1.165) is 38.6 Å². The second-order valence-electron chi connectivity index (χ2n) is 4.44. The second-order valence-corrected chi connectivity index (χ2v) is 4.44. The fourth-order valence-electron chi connectivity index (χ4n) is 1.97. The van der Waals surface area contributed by atoms with Gasteiger partial charge in [-0.1, -0.05) is 24.3 Å². The number of nitrogens with zero attached hydrogens (tertiary/aromatic N) is 2. The Bertz CT molecular complexity index is 406. The largest absolute Gasteiger partial charge is 0.372 e. The van der Waals surface area contributed by atoms with Crippen molar-refractivity contribution in [3.8, 4) is 0 Å². The van der Waals surface area contributed by atoms with Crippen molar-refractivity contribution in [2.75, 3.05) is 38.1 Å². The van der Waals surface area contributed by atoms with Crippen molar-refractivity contribution >= 4 is 35.6 Å². The minimum atomic E-state index is 0. The topological polar surface area (TPSA) is 39.7 Å². The van der Waals surface area contributed by atoms with E-state index in [-0.39, 0.29) is 24.0 Å². The molecule has 2 N–H and O–H groups in total. The minimum Gasteiger partial charge on any atom is -0.372 e. The third-order valence-electron chi connectivity index (χ3n) is 3.04. The summed E-state index contributed by atoms with van der Waals surface area (Å²) in [6.45, 7) is 9.55. The van der Waals surface area contributed by atoms with E-state index in [1.807, 2.05) is 12.1 Å². The number of hydrogen-bond acceptors (Lipinski definition) is 2. The normalized spacial score (nSPS) is 10.5. The molecule has 0 unspecified atom stereocenters. The Morgan fingerprint density at radius 2 is 2.00 bits per heavy atom. The molecule has 5 heteroatoms. The highest BCUT2D eigenvalue weighted by Gasteiger charge is 2.03. The molecule has 0 aliphatic heterocycles. The number of nitrogens with one attached hydrogen (secondary N) is 2. The Balaban J connectivity index is 0.00000400. The van der Waals surface area contributed by atoms with Crippen molar-refractivity contribution in [1.29, 1.82) is 0 Å². The average Bonchev–Trinajstić information content (AvgIpc) is 2.51. The van der Waals surface area contributed by atoms with Crippen LogP contribution in [0, 0.1) is 0 Å². The number of halogens is 1. The highest BCUT2D eigenvalue weighted by Crippen LogP contribution is 2.12. The standard InChI is InChI=1S/C16H26N4.HI/c1-4-12-18-16(17-3)19-13-9-14-20(5-2)15-10-7-6-8-11-15;/h4,6-8,10-11H,1,5,9,12-14H2,2-3H3,(H2,17,18,19);1H. The monoisotopic (exact) mass is 402 g/mol. The van der Waals surface area contributed by atoms with Gasteiger partial charge in [0.25, 0.3) is 0 Å². The van der Waals surface area contributed by atoms with E-state index >= 15 is 0 Å². The molecule has 0 fully saturated rings. The van der Waals surface area contributed by atoms with E-state index in [4.69, 9.17) is 0 Å². The Kier molecular flexibility index (Phi) is 11.8. The quantitative estimate of drug-likeness (QED) is 0.231. The number of benzene rings is 1. The van der Waals surface area contributed by atoms with Gasteiger partial charge in [-0.25, -0.2) is 0 Å². The van der Waals surface area contributed by atoms with Crippen LogP contribution in [-0.2, 0) is 0 Å². The van der Waals surface area contributed by atoms with Crippen LogP contribution in [-0.4, -0.2) is 39.2 Å². The van der Waals surface area contributed by atoms with Gasteiger partial charge in [-0.15, -0.1) is 30.6 Å². The molecule has 0 atom stereocenters. The van der Waals surface area contributed by atoms with Gasteiger partial charge in [0.05, 0.1) is 0 Å². The first kappa shape index (κ1) is 19.8. The summed E-state index contributed by atoms with van der Waals surface area (Å²) in [7, 11) is 1.78. The molecule has 0 heterocycles. The Labute approximate surface area is 145 Å². The van der Waals surface area contributed by atoms with E-state index in [1.54, 1.807) is 7.05 Å². The van der Waals surface area contributed by atoms with E-state index in [1.165, 1.54) is 5.69 Å². The molecule has 1 rings (SSSR count). The summed E-state index contributed by atoms with van der Waals surface area (Å²) in [5, 5.41) is 6.46. The first-order valence-electron chi connectivity index (χ1n) is 7.17. The lowest BCUT2D eigenvalue weighted by Crippen LogP contribution is -2.38. The third-order valence-corrected chi connectivity index (χ3v) is 3.04. The van der Waals surface area contributed by atoms with Gasteiger partial charge in [0.15, 0.2) is 5.96 Å². The molecule has 4 nitrogen and oxygen atoms in total. The van der Waals surface area contributed by atoms with Crippen molar-refractivity contribution in [3.63, 3.8) is 0 Å². The second kappa shape index (κ2) is 12.5. The predicted octanol–water partition coefficient (Wildman–Crippen LogP) is 2.87. The zero-order valence-electron chi connectivity index (χ0n) is 13.0. The number of hydrogen-bond donors (Lipinski definition) is 2. The van der Waals surface area contributed by atoms with Crippen LogP contribution in [0.15, 0.2) is 48.0 Å². The molecule has 0 aliphatic carbocycles. The summed E-state index contributed by atoms with van der Waals surface area (Å²) in [4.78, 5) is 6.53. The SMILES string of the molecule is C=CCNC(=NC)NCCCN(CC)c1ccccc1.I. The molecule has 0 bridgehead atoms. The fraction of sp³-hybridized carbons (Fsp3) is 0.438. The maximum Gasteiger partial charge on any atom is 0.191 e. The average molecular weight is 402 g/mol. The van der Waals surface area contributed by atoms with Crippen molar-refractivity contribution in [3.05, 3.63) is 43.0 Å². The van der Waals surface area contributed by atoms with Gasteiger partial charge >= 0.3 is 0 Å². The number of rotatable bonds is 8. The summed E-state index contributed by atoms with van der Waals surface area (Å²) in [5.74, 6) is 0.827. The lowest BCUT2D eigenvalue weighted by Gasteiger charge is -2.23. The third kappa shape index (κ3) is 7.94. The summed E-state index contributed by atoms with van der Waals surface area (Å²) >= 11 is 0. The molecule has 0 amide bonds. The Hall–Kier alpha value is -1.24. The molecule has 118 valence electrons. The van der Waals surface area contributed by atoms with Gasteiger partial charge in [0.1, 0.15) is 0 Å². The molecule has 1 aromatic rings. The lowest BCUT2D eigenvalue weighted by atomic mass is 10.2. The van der Waals surface area contributed by atoms with E-state index < -0.39 is 0 Å². The summed E-state index contributed by atoms with van der Waals surface area (Å²) < 4.78 is 0. The van der Waals surface area contributed by atoms with Gasteiger partial charge in [-0.3, -0.25) is 4.99 Å². The fourth-order valence-corrected chi connectivity index (χ4v) is 1.97. The van der Waals surface area contributed by atoms with Crippen LogP contribution in [0.2, 0.25) is 0 Å². The molecule has 0 saturated heterocycles. The van der Waals surface area contributed by atoms with Gasteiger partial charge < -0.3 is 15.5 Å². The molecular weight excluding hydrogens is 375 g/mol. The maximum atomic E-state index is 4.15. The van der Waals surface area contributed by atoms with Crippen LogP contribution in [0.1, 0.15) is 13.3 Å². The van der Waals surface area contributed by atoms with Crippen molar-refractivity contribution in [2.45, 2.75) is 13.3 Å². The molecule has 0 spiro atoms. The molecule has 0 aromatic heterocycles. The smallest absolute Gasteiger partial charge is 0.191 e. The van der Waals surface area contributed by atoms with Crippen LogP contribution in [0.5, 0.6) is 0 Å². The van der Waals surface area contributed by atoms with Crippen molar-refractivity contribution < 1.29 is 0 Å². The van der Waals surface area contributed by atoms with Crippen molar-refractivity contribution in [2.24, 2.45) is 4.99 Å². The predicted molar refractivity (Wildman–Crippen MR) is 104 cm³/mol. The zero-order chi connectivity index (χ0) is 14.6. The number of anilines is 1. The maximum absolute atomic E-state index is 4.15. The molecule has 0 radical (unpaired) electrons. The van der Waals surface area contributed by atoms with Gasteiger partial charge in [0.2, 0.25) is 0 Å². The van der Waals surface area contributed by atoms with Crippen molar-refractivity contribution in [1.82, 2.24) is 10.6 Å². The molecule has 0 aliphatic rings. The first-order chi connectivity index (χ1) is 9.81. The molecule has 21 heavy (non-hydrogen) atoms. The molecular formula is C16H27IN4. The van der Waals surface area contributed by atoms with Crippen LogP contribution >= 0.6 is 24.0 Å². The minimum absolute atomic E-state index is 0. The summed E-state index contributed by atoms with van der Waals surface area (Å²) in [5.41, 5.74) is 1.28. The number of para-hydroxylation sites is 1. The highest BCUT2D eigenvalue weighted by atomic mass is 127. The first-order valence-corrected chi connectivity index (χ1v) is 7.17. The number of guanidine groups is 1. The Morgan fingerprint density at radius 1 is 1.29 bits per heavy atom. The van der Waals surface area contributed by atoms with Crippen LogP contribution in [0.3, 0.4) is 0 Å². The van der Waals surface area contributed by atoms with Crippen LogP contribution in [0.25, 0.3) is 0 Å². The zero-order valence-corrected chi connectivity index (χ0v) is 15.3. The highest BCUT2D eigenvalue weighted by molar-refractivity contribution is 14.0. The Morgan fingerprint density at radius 3 is 2.57 bits per heavy atom. The molecule has 0 saturated carbocycles. The van der Waals surface area contributed by atoms with Crippen LogP contribution < -0.4 is 15.5 Å². The van der Waals surface area contributed by atoms with Gasteiger partial charge in [0, 0.05) is 38.9 Å². The lowest BCUT2D eigenvalue weighted by molar-refractivity contribution is 0.713. The van der Waals surface area contributed by atoms with E-state index in [9.17, 15) is 0 Å². The van der Waals surface area contributed by atoms with E-state index in [2.05, 4.69) is 58.3 Å².